The second kappa shape index (κ2) is 6.17. The molecule has 0 radical (unpaired) electrons. The van der Waals surface area contributed by atoms with Crippen molar-refractivity contribution >= 4 is 0 Å². The van der Waals surface area contributed by atoms with Gasteiger partial charge in [-0.05, 0) is 51.4 Å². The molecule has 17 heavy (non-hydrogen) atoms. The van der Waals surface area contributed by atoms with Crippen molar-refractivity contribution in [2.45, 2.75) is 32.7 Å². The topological polar surface area (TPSA) is 18.5 Å². The summed E-state index contributed by atoms with van der Waals surface area (Å²) in [5, 5.41) is 3.69. The molecule has 100 valence electrons. The molecular formula is C14H29N3. The van der Waals surface area contributed by atoms with E-state index in [1.165, 1.54) is 52.1 Å². The summed E-state index contributed by atoms with van der Waals surface area (Å²) in [6, 6.07) is 0.691. The first-order valence-corrected chi connectivity index (χ1v) is 7.29. The summed E-state index contributed by atoms with van der Waals surface area (Å²) in [6.07, 6.45) is 2.71. The number of rotatable bonds is 3. The van der Waals surface area contributed by atoms with Gasteiger partial charge in [0.25, 0.3) is 0 Å². The first-order valence-electron chi connectivity index (χ1n) is 7.29. The Kier molecular flexibility index (Phi) is 4.83. The van der Waals surface area contributed by atoms with Crippen LogP contribution in [0.15, 0.2) is 0 Å². The zero-order valence-electron chi connectivity index (χ0n) is 11.8. The highest BCUT2D eigenvalue weighted by Crippen LogP contribution is 2.17. The maximum Gasteiger partial charge on any atom is 0.0217 e. The molecule has 2 atom stereocenters. The highest BCUT2D eigenvalue weighted by atomic mass is 15.2. The summed E-state index contributed by atoms with van der Waals surface area (Å²) in [5.41, 5.74) is 0. The highest BCUT2D eigenvalue weighted by molar-refractivity contribution is 4.82. The SMILES string of the molecule is CC(C)C1CN(CC2CCN(C)C2)CCCN1. The number of hydrogen-bond acceptors (Lipinski definition) is 3. The second-order valence-electron chi connectivity index (χ2n) is 6.33. The van der Waals surface area contributed by atoms with Gasteiger partial charge in [0.05, 0.1) is 0 Å². The van der Waals surface area contributed by atoms with E-state index in [4.69, 9.17) is 0 Å². The van der Waals surface area contributed by atoms with E-state index in [0.717, 1.165) is 11.8 Å². The summed E-state index contributed by atoms with van der Waals surface area (Å²) in [5.74, 6) is 1.66. The van der Waals surface area contributed by atoms with Gasteiger partial charge in [-0.2, -0.15) is 0 Å². The van der Waals surface area contributed by atoms with E-state index < -0.39 is 0 Å². The van der Waals surface area contributed by atoms with Crippen LogP contribution in [-0.4, -0.2) is 62.2 Å². The molecule has 2 fully saturated rings. The predicted octanol–water partition coefficient (Wildman–Crippen LogP) is 1.26. The van der Waals surface area contributed by atoms with Crippen LogP contribution < -0.4 is 5.32 Å². The maximum absolute atomic E-state index is 3.69. The third kappa shape index (κ3) is 3.94. The average Bonchev–Trinajstić information content (AvgIpc) is 2.54. The van der Waals surface area contributed by atoms with Crippen molar-refractivity contribution in [2.75, 3.05) is 46.3 Å². The third-order valence-electron chi connectivity index (χ3n) is 4.32. The monoisotopic (exact) mass is 239 g/mol. The molecule has 0 bridgehead atoms. The van der Waals surface area contributed by atoms with Gasteiger partial charge in [-0.25, -0.2) is 0 Å². The first kappa shape index (κ1) is 13.3. The zero-order valence-corrected chi connectivity index (χ0v) is 11.8. The minimum Gasteiger partial charge on any atom is -0.312 e. The maximum atomic E-state index is 3.69. The Hall–Kier alpha value is -0.120. The van der Waals surface area contributed by atoms with Crippen LogP contribution in [0, 0.1) is 11.8 Å². The molecule has 2 saturated heterocycles. The van der Waals surface area contributed by atoms with Gasteiger partial charge in [0.1, 0.15) is 0 Å². The van der Waals surface area contributed by atoms with Crippen molar-refractivity contribution in [2.24, 2.45) is 11.8 Å². The zero-order chi connectivity index (χ0) is 12.3. The van der Waals surface area contributed by atoms with Crippen LogP contribution in [0.1, 0.15) is 26.7 Å². The van der Waals surface area contributed by atoms with Crippen LogP contribution in [-0.2, 0) is 0 Å². The van der Waals surface area contributed by atoms with Gasteiger partial charge in [-0.15, -0.1) is 0 Å². The lowest BCUT2D eigenvalue weighted by Crippen LogP contribution is -2.42. The molecule has 3 nitrogen and oxygen atoms in total. The predicted molar refractivity (Wildman–Crippen MR) is 73.3 cm³/mol. The molecule has 1 N–H and O–H groups in total. The van der Waals surface area contributed by atoms with Gasteiger partial charge in [0.15, 0.2) is 0 Å². The molecule has 0 aromatic heterocycles. The van der Waals surface area contributed by atoms with Gasteiger partial charge in [0.2, 0.25) is 0 Å². The van der Waals surface area contributed by atoms with Crippen LogP contribution >= 0.6 is 0 Å². The van der Waals surface area contributed by atoms with Crippen molar-refractivity contribution in [3.63, 3.8) is 0 Å². The fourth-order valence-corrected chi connectivity index (χ4v) is 3.18. The minimum absolute atomic E-state index is 0.691. The molecule has 2 heterocycles. The summed E-state index contributed by atoms with van der Waals surface area (Å²) >= 11 is 0. The largest absolute Gasteiger partial charge is 0.312 e. The van der Waals surface area contributed by atoms with Gasteiger partial charge < -0.3 is 15.1 Å². The van der Waals surface area contributed by atoms with Gasteiger partial charge in [-0.1, -0.05) is 13.8 Å². The lowest BCUT2D eigenvalue weighted by molar-refractivity contribution is 0.212. The number of likely N-dealkylation sites (tertiary alicyclic amines) is 1. The summed E-state index contributed by atoms with van der Waals surface area (Å²) in [7, 11) is 2.25. The summed E-state index contributed by atoms with van der Waals surface area (Å²) < 4.78 is 0. The number of hydrogen-bond donors (Lipinski definition) is 1. The van der Waals surface area contributed by atoms with Crippen molar-refractivity contribution in [1.29, 1.82) is 0 Å². The average molecular weight is 239 g/mol. The van der Waals surface area contributed by atoms with E-state index in [9.17, 15) is 0 Å². The molecule has 2 unspecified atom stereocenters. The Morgan fingerprint density at radius 1 is 1.24 bits per heavy atom. The molecule has 0 saturated carbocycles. The molecule has 2 rings (SSSR count). The van der Waals surface area contributed by atoms with Gasteiger partial charge in [-0.3, -0.25) is 0 Å². The van der Waals surface area contributed by atoms with E-state index in [0.29, 0.717) is 6.04 Å². The normalized spacial score (nSPS) is 33.2. The lowest BCUT2D eigenvalue weighted by Gasteiger charge is -2.28. The van der Waals surface area contributed by atoms with Crippen LogP contribution in [0.3, 0.4) is 0 Å². The van der Waals surface area contributed by atoms with Gasteiger partial charge in [0, 0.05) is 25.7 Å². The molecule has 2 aliphatic heterocycles. The summed E-state index contributed by atoms with van der Waals surface area (Å²) in [6.45, 7) is 12.3. The quantitative estimate of drug-likeness (QED) is 0.800. The first-order chi connectivity index (χ1) is 8.15. The van der Waals surface area contributed by atoms with E-state index in [1.54, 1.807) is 0 Å². The van der Waals surface area contributed by atoms with Crippen molar-refractivity contribution in [3.8, 4) is 0 Å². The van der Waals surface area contributed by atoms with Crippen molar-refractivity contribution in [1.82, 2.24) is 15.1 Å². The van der Waals surface area contributed by atoms with Crippen LogP contribution in [0.2, 0.25) is 0 Å². The smallest absolute Gasteiger partial charge is 0.0217 e. The standard InChI is InChI=1S/C14H29N3/c1-12(2)14-11-17(7-4-6-15-14)10-13-5-8-16(3)9-13/h12-15H,4-11H2,1-3H3. The van der Waals surface area contributed by atoms with Crippen molar-refractivity contribution in [3.05, 3.63) is 0 Å². The molecule has 0 spiro atoms. The summed E-state index contributed by atoms with van der Waals surface area (Å²) in [4.78, 5) is 5.18. The fourth-order valence-electron chi connectivity index (χ4n) is 3.18. The highest BCUT2D eigenvalue weighted by Gasteiger charge is 2.25. The third-order valence-corrected chi connectivity index (χ3v) is 4.32. The van der Waals surface area contributed by atoms with E-state index in [-0.39, 0.29) is 0 Å². The van der Waals surface area contributed by atoms with Crippen LogP contribution in [0.25, 0.3) is 0 Å². The molecule has 0 aliphatic carbocycles. The van der Waals surface area contributed by atoms with Gasteiger partial charge >= 0.3 is 0 Å². The van der Waals surface area contributed by atoms with Crippen LogP contribution in [0.4, 0.5) is 0 Å². The molecule has 0 amide bonds. The van der Waals surface area contributed by atoms with Crippen molar-refractivity contribution < 1.29 is 0 Å². The van der Waals surface area contributed by atoms with Crippen LogP contribution in [0.5, 0.6) is 0 Å². The Morgan fingerprint density at radius 3 is 2.71 bits per heavy atom. The van der Waals surface area contributed by atoms with E-state index >= 15 is 0 Å². The Bertz CT molecular complexity index is 230. The number of nitrogens with zero attached hydrogens (tertiary/aromatic N) is 2. The fraction of sp³-hybridized carbons (Fsp3) is 1.00. The molecular weight excluding hydrogens is 210 g/mol. The number of nitrogens with one attached hydrogen (secondary N) is 1. The molecule has 0 aromatic carbocycles. The molecule has 3 heteroatoms. The Balaban J connectivity index is 1.82. The second-order valence-corrected chi connectivity index (χ2v) is 6.33. The van der Waals surface area contributed by atoms with E-state index in [2.05, 4.69) is 36.0 Å². The molecule has 0 aromatic rings. The molecule has 2 aliphatic rings. The minimum atomic E-state index is 0.691. The Morgan fingerprint density at radius 2 is 2.06 bits per heavy atom. The Labute approximate surface area is 107 Å². The lowest BCUT2D eigenvalue weighted by atomic mass is 10.0. The van der Waals surface area contributed by atoms with E-state index in [1.807, 2.05) is 0 Å².